The molecule has 1 aromatic heterocycles. The zero-order valence-corrected chi connectivity index (χ0v) is 14.6. The van der Waals surface area contributed by atoms with Gasteiger partial charge in [0.1, 0.15) is 5.75 Å². The summed E-state index contributed by atoms with van der Waals surface area (Å²) in [5, 5.41) is 5.26. The van der Waals surface area contributed by atoms with Gasteiger partial charge in [0.25, 0.3) is 5.91 Å². The predicted octanol–water partition coefficient (Wildman–Crippen LogP) is 3.29. The number of anilines is 2. The monoisotopic (exact) mass is 345 g/mol. The Balaban J connectivity index is 1.85. The van der Waals surface area contributed by atoms with Crippen LogP contribution in [0.25, 0.3) is 11.3 Å². The van der Waals surface area contributed by atoms with Gasteiger partial charge in [-0.1, -0.05) is 6.92 Å². The Morgan fingerprint density at radius 1 is 1.46 bits per heavy atom. The quantitative estimate of drug-likeness (QED) is 0.923. The first-order valence-electron chi connectivity index (χ1n) is 7.83. The highest BCUT2D eigenvalue weighted by Gasteiger charge is 2.29. The van der Waals surface area contributed by atoms with Crippen molar-refractivity contribution in [2.45, 2.75) is 32.8 Å². The lowest BCUT2D eigenvalue weighted by Crippen LogP contribution is -2.41. The minimum Gasteiger partial charge on any atom is -0.479 e. The maximum atomic E-state index is 12.1. The summed E-state index contributed by atoms with van der Waals surface area (Å²) in [6.07, 6.45) is 0.803. The maximum absolute atomic E-state index is 12.1. The van der Waals surface area contributed by atoms with E-state index in [1.165, 1.54) is 11.3 Å². The van der Waals surface area contributed by atoms with Crippen LogP contribution in [-0.2, 0) is 9.59 Å². The molecule has 3 rings (SSSR count). The number of thiazole rings is 1. The second kappa shape index (κ2) is 6.60. The molecule has 1 atom stereocenters. The summed E-state index contributed by atoms with van der Waals surface area (Å²) >= 11 is 1.38. The Morgan fingerprint density at radius 2 is 2.25 bits per heavy atom. The second-order valence-electron chi connectivity index (χ2n) is 5.68. The largest absolute Gasteiger partial charge is 0.479 e. The van der Waals surface area contributed by atoms with E-state index in [1.807, 2.05) is 30.5 Å². The van der Waals surface area contributed by atoms with Gasteiger partial charge < -0.3 is 15.0 Å². The number of ether oxygens (including phenoxy) is 1. The first-order chi connectivity index (χ1) is 11.5. The third-order valence-electron chi connectivity index (χ3n) is 3.83. The fourth-order valence-corrected chi connectivity index (χ4v) is 3.28. The van der Waals surface area contributed by atoms with Gasteiger partial charge in [-0.25, -0.2) is 4.98 Å². The zero-order valence-electron chi connectivity index (χ0n) is 13.8. The number of rotatable bonds is 4. The molecule has 0 bridgehead atoms. The molecule has 0 aliphatic carbocycles. The lowest BCUT2D eigenvalue weighted by atomic mass is 10.1. The van der Waals surface area contributed by atoms with Gasteiger partial charge in [0, 0.05) is 24.4 Å². The summed E-state index contributed by atoms with van der Waals surface area (Å²) in [5.41, 5.74) is 2.35. The van der Waals surface area contributed by atoms with E-state index in [0.29, 0.717) is 17.3 Å². The Bertz CT molecular complexity index is 787. The minimum absolute atomic E-state index is 0.0310. The Hall–Kier alpha value is -2.41. The van der Waals surface area contributed by atoms with E-state index in [-0.39, 0.29) is 11.8 Å². The summed E-state index contributed by atoms with van der Waals surface area (Å²) in [6.45, 7) is 3.70. The van der Waals surface area contributed by atoms with E-state index in [0.717, 1.165) is 23.4 Å². The van der Waals surface area contributed by atoms with Crippen LogP contribution in [0.3, 0.4) is 0 Å². The predicted molar refractivity (Wildman–Crippen MR) is 94.6 cm³/mol. The molecule has 6 nitrogen and oxygen atoms in total. The van der Waals surface area contributed by atoms with E-state index < -0.39 is 6.10 Å². The van der Waals surface area contributed by atoms with Crippen molar-refractivity contribution in [1.29, 1.82) is 0 Å². The van der Waals surface area contributed by atoms with E-state index in [9.17, 15) is 9.59 Å². The van der Waals surface area contributed by atoms with Gasteiger partial charge in [-0.3, -0.25) is 9.59 Å². The first kappa shape index (κ1) is 16.4. The number of carbonyl (C=O) groups excluding carboxylic acids is 2. The van der Waals surface area contributed by atoms with Gasteiger partial charge in [-0.05, 0) is 31.5 Å². The van der Waals surface area contributed by atoms with Crippen LogP contribution in [-0.4, -0.2) is 29.9 Å². The Labute approximate surface area is 144 Å². The highest BCUT2D eigenvalue weighted by atomic mass is 32.1. The number of hydrogen-bond acceptors (Lipinski definition) is 5. The summed E-state index contributed by atoms with van der Waals surface area (Å²) in [4.78, 5) is 29.8. The van der Waals surface area contributed by atoms with Gasteiger partial charge in [0.2, 0.25) is 5.91 Å². The van der Waals surface area contributed by atoms with Crippen LogP contribution < -0.4 is 15.0 Å². The van der Waals surface area contributed by atoms with Crippen molar-refractivity contribution in [3.8, 4) is 17.0 Å². The van der Waals surface area contributed by atoms with Crippen LogP contribution in [0.4, 0.5) is 10.8 Å². The minimum atomic E-state index is -0.479. The average Bonchev–Trinajstić information content (AvgIpc) is 3.01. The normalized spacial score (nSPS) is 16.5. The fraction of sp³-hybridized carbons (Fsp3) is 0.353. The maximum Gasteiger partial charge on any atom is 0.267 e. The molecule has 1 aromatic carbocycles. The molecule has 1 aliphatic heterocycles. The molecule has 126 valence electrons. The van der Waals surface area contributed by atoms with Crippen molar-refractivity contribution < 1.29 is 14.3 Å². The lowest BCUT2D eigenvalue weighted by Gasteiger charge is -2.30. The lowest BCUT2D eigenvalue weighted by molar-refractivity contribution is -0.125. The van der Waals surface area contributed by atoms with Crippen LogP contribution in [0.1, 0.15) is 26.7 Å². The zero-order chi connectivity index (χ0) is 17.3. The first-order valence-corrected chi connectivity index (χ1v) is 8.71. The molecule has 0 saturated heterocycles. The highest BCUT2D eigenvalue weighted by molar-refractivity contribution is 7.14. The van der Waals surface area contributed by atoms with Crippen LogP contribution in [0.2, 0.25) is 0 Å². The smallest absolute Gasteiger partial charge is 0.267 e. The average molecular weight is 345 g/mol. The third kappa shape index (κ3) is 3.12. The summed E-state index contributed by atoms with van der Waals surface area (Å²) < 4.78 is 5.62. The van der Waals surface area contributed by atoms with Crippen LogP contribution in [0.15, 0.2) is 23.6 Å². The molecule has 2 amide bonds. The van der Waals surface area contributed by atoms with Gasteiger partial charge >= 0.3 is 0 Å². The van der Waals surface area contributed by atoms with E-state index in [1.54, 1.807) is 18.9 Å². The third-order valence-corrected chi connectivity index (χ3v) is 4.58. The number of aromatic nitrogens is 1. The van der Waals surface area contributed by atoms with Crippen LogP contribution in [0.5, 0.6) is 5.75 Å². The van der Waals surface area contributed by atoms with Crippen molar-refractivity contribution in [3.05, 3.63) is 23.6 Å². The summed E-state index contributed by atoms with van der Waals surface area (Å²) in [5.74, 6) is 0.571. The SMILES string of the molecule is CCCC(=O)Nc1nc(-c2ccc3c(c2)N(C)C(=O)[C@H](C)O3)cs1. The Kier molecular flexibility index (Phi) is 4.53. The molecule has 1 aliphatic rings. The molecule has 2 aromatic rings. The molecule has 24 heavy (non-hydrogen) atoms. The number of fused-ring (bicyclic) bond motifs is 1. The van der Waals surface area contributed by atoms with Crippen molar-refractivity contribution in [2.24, 2.45) is 0 Å². The number of benzene rings is 1. The number of nitrogens with one attached hydrogen (secondary N) is 1. The van der Waals surface area contributed by atoms with Crippen molar-refractivity contribution >= 4 is 34.0 Å². The molecule has 2 heterocycles. The van der Waals surface area contributed by atoms with Gasteiger partial charge in [0.05, 0.1) is 11.4 Å². The van der Waals surface area contributed by atoms with Crippen molar-refractivity contribution in [1.82, 2.24) is 4.98 Å². The van der Waals surface area contributed by atoms with Crippen LogP contribution >= 0.6 is 11.3 Å². The molecule has 0 spiro atoms. The van der Waals surface area contributed by atoms with E-state index >= 15 is 0 Å². The van der Waals surface area contributed by atoms with Crippen molar-refractivity contribution in [2.75, 3.05) is 17.3 Å². The summed E-state index contributed by atoms with van der Waals surface area (Å²) in [7, 11) is 1.74. The van der Waals surface area contributed by atoms with E-state index in [4.69, 9.17) is 4.74 Å². The molecule has 7 heteroatoms. The number of nitrogens with zero attached hydrogens (tertiary/aromatic N) is 2. The fourth-order valence-electron chi connectivity index (χ4n) is 2.54. The Morgan fingerprint density at radius 3 is 3.00 bits per heavy atom. The molecule has 0 fully saturated rings. The second-order valence-corrected chi connectivity index (χ2v) is 6.53. The molecule has 0 saturated carbocycles. The van der Waals surface area contributed by atoms with Gasteiger partial charge in [-0.15, -0.1) is 11.3 Å². The topological polar surface area (TPSA) is 71.5 Å². The number of likely N-dealkylation sites (N-methyl/N-ethyl adjacent to an activating group) is 1. The number of amides is 2. The highest BCUT2D eigenvalue weighted by Crippen LogP contribution is 2.37. The number of carbonyl (C=O) groups is 2. The molecular formula is C17H19N3O3S. The number of hydrogen-bond donors (Lipinski definition) is 1. The standard InChI is InChI=1S/C17H19N3O3S/c1-4-5-15(21)19-17-18-12(9-24-17)11-6-7-14-13(8-11)20(3)16(22)10(2)23-14/h6-10H,4-5H2,1-3H3,(H,18,19,21)/t10-/m0/s1. The van der Waals surface area contributed by atoms with Crippen LogP contribution in [0, 0.1) is 0 Å². The van der Waals surface area contributed by atoms with Crippen molar-refractivity contribution in [3.63, 3.8) is 0 Å². The molecule has 0 radical (unpaired) electrons. The molecule has 0 unspecified atom stereocenters. The summed E-state index contributed by atoms with van der Waals surface area (Å²) in [6, 6.07) is 5.63. The van der Waals surface area contributed by atoms with Gasteiger partial charge in [0.15, 0.2) is 11.2 Å². The molecule has 1 N–H and O–H groups in total. The molecular weight excluding hydrogens is 326 g/mol. The van der Waals surface area contributed by atoms with E-state index in [2.05, 4.69) is 10.3 Å². The van der Waals surface area contributed by atoms with Gasteiger partial charge in [-0.2, -0.15) is 0 Å².